The Kier molecular flexibility index (Phi) is 4.87. The number of aromatic nitrogens is 5. The van der Waals surface area contributed by atoms with Gasteiger partial charge >= 0.3 is 0 Å². The first kappa shape index (κ1) is 19.0. The number of allylic oxidation sites excluding steroid dienone is 2. The second-order valence-electron chi connectivity index (χ2n) is 7.77. The molecule has 0 bridgehead atoms. The van der Waals surface area contributed by atoms with Crippen LogP contribution in [-0.2, 0) is 6.54 Å². The molecule has 1 aromatic carbocycles. The van der Waals surface area contributed by atoms with Crippen molar-refractivity contribution in [2.45, 2.75) is 45.6 Å². The van der Waals surface area contributed by atoms with Gasteiger partial charge in [0, 0.05) is 23.3 Å². The van der Waals surface area contributed by atoms with E-state index in [1.54, 1.807) is 9.08 Å². The lowest BCUT2D eigenvalue weighted by atomic mass is 9.97. The lowest BCUT2D eigenvalue weighted by Crippen LogP contribution is -2.22. The molecule has 0 N–H and O–H groups in total. The maximum Gasteiger partial charge on any atom is 0.262 e. The van der Waals surface area contributed by atoms with E-state index < -0.39 is 0 Å². The monoisotopic (exact) mass is 419 g/mol. The smallest absolute Gasteiger partial charge is 0.262 e. The zero-order chi connectivity index (χ0) is 20.7. The Morgan fingerprint density at radius 3 is 2.87 bits per heavy atom. The van der Waals surface area contributed by atoms with E-state index in [1.165, 1.54) is 18.4 Å². The molecule has 30 heavy (non-hydrogen) atoms. The zero-order valence-electron chi connectivity index (χ0n) is 16.8. The number of pyridine rings is 1. The zero-order valence-corrected chi connectivity index (χ0v) is 17.6. The summed E-state index contributed by atoms with van der Waals surface area (Å²) >= 11 is 6.26. The van der Waals surface area contributed by atoms with Crippen LogP contribution in [0, 0.1) is 6.92 Å². The summed E-state index contributed by atoms with van der Waals surface area (Å²) in [7, 11) is 0. The van der Waals surface area contributed by atoms with Gasteiger partial charge in [0.25, 0.3) is 11.3 Å². The molecule has 0 fully saturated rings. The van der Waals surface area contributed by atoms with Gasteiger partial charge in [0.05, 0.1) is 16.6 Å². The van der Waals surface area contributed by atoms with E-state index in [4.69, 9.17) is 11.6 Å². The van der Waals surface area contributed by atoms with Gasteiger partial charge in [-0.15, -0.1) is 5.10 Å². The third kappa shape index (κ3) is 3.41. The molecule has 0 aliphatic heterocycles. The van der Waals surface area contributed by atoms with Gasteiger partial charge in [-0.05, 0) is 57.2 Å². The van der Waals surface area contributed by atoms with Crippen LogP contribution in [-0.4, -0.2) is 24.1 Å². The minimum atomic E-state index is -0.0681. The van der Waals surface area contributed by atoms with Crippen LogP contribution < -0.4 is 5.56 Å². The van der Waals surface area contributed by atoms with E-state index in [2.05, 4.69) is 21.1 Å². The molecule has 0 saturated carbocycles. The predicted molar refractivity (Wildman–Crippen MR) is 119 cm³/mol. The molecule has 3 aromatic heterocycles. The van der Waals surface area contributed by atoms with Gasteiger partial charge in [-0.3, -0.25) is 4.79 Å². The predicted octanol–water partition coefficient (Wildman–Crippen LogP) is 4.96. The molecule has 4 aromatic rings. The van der Waals surface area contributed by atoms with Crippen LogP contribution in [0.5, 0.6) is 0 Å². The number of halogens is 1. The van der Waals surface area contributed by atoms with Crippen LogP contribution in [0.1, 0.15) is 37.9 Å². The molecule has 3 heterocycles. The number of hydrogen-bond acceptors (Lipinski definition) is 4. The minimum Gasteiger partial charge on any atom is -0.314 e. The quantitative estimate of drug-likeness (QED) is 0.438. The molecule has 6 nitrogen and oxygen atoms in total. The van der Waals surface area contributed by atoms with E-state index in [1.807, 2.05) is 43.5 Å². The summed E-state index contributed by atoms with van der Waals surface area (Å²) < 4.78 is 3.43. The van der Waals surface area contributed by atoms with E-state index in [9.17, 15) is 4.79 Å². The molecular formula is C23H22ClN5O. The van der Waals surface area contributed by atoms with E-state index in [-0.39, 0.29) is 5.56 Å². The molecule has 1 aliphatic carbocycles. The SMILES string of the molecule is Cc1nc2nc3ccn(CCC4=CCCCC4)c(=O)c3c(-c3cccc(Cl)c3)n2n1. The summed E-state index contributed by atoms with van der Waals surface area (Å²) in [4.78, 5) is 22.5. The molecule has 7 heteroatoms. The van der Waals surface area contributed by atoms with Crippen molar-refractivity contribution in [3.63, 3.8) is 0 Å². The molecule has 0 radical (unpaired) electrons. The molecule has 1 aliphatic rings. The fourth-order valence-corrected chi connectivity index (χ4v) is 4.38. The first-order valence-electron chi connectivity index (χ1n) is 10.3. The van der Waals surface area contributed by atoms with E-state index in [0.717, 1.165) is 24.8 Å². The van der Waals surface area contributed by atoms with Crippen molar-refractivity contribution < 1.29 is 0 Å². The first-order valence-corrected chi connectivity index (χ1v) is 10.7. The Morgan fingerprint density at radius 1 is 1.17 bits per heavy atom. The summed E-state index contributed by atoms with van der Waals surface area (Å²) in [5.41, 5.74) is 3.48. The number of benzene rings is 1. The Morgan fingerprint density at radius 2 is 2.07 bits per heavy atom. The summed E-state index contributed by atoms with van der Waals surface area (Å²) in [6, 6.07) is 9.35. The highest BCUT2D eigenvalue weighted by atomic mass is 35.5. The minimum absolute atomic E-state index is 0.0681. The summed E-state index contributed by atoms with van der Waals surface area (Å²) in [5.74, 6) is 1.07. The average Bonchev–Trinajstić information content (AvgIpc) is 3.12. The van der Waals surface area contributed by atoms with Gasteiger partial charge in [-0.1, -0.05) is 35.4 Å². The molecule has 5 rings (SSSR count). The largest absolute Gasteiger partial charge is 0.314 e. The van der Waals surface area contributed by atoms with Crippen molar-refractivity contribution in [3.8, 4) is 11.3 Å². The maximum absolute atomic E-state index is 13.5. The van der Waals surface area contributed by atoms with Gasteiger partial charge in [-0.25, -0.2) is 4.98 Å². The van der Waals surface area contributed by atoms with Gasteiger partial charge in [0.1, 0.15) is 5.82 Å². The van der Waals surface area contributed by atoms with E-state index in [0.29, 0.717) is 39.8 Å². The number of nitrogens with zero attached hydrogens (tertiary/aromatic N) is 5. The van der Waals surface area contributed by atoms with Crippen molar-refractivity contribution >= 4 is 28.3 Å². The van der Waals surface area contributed by atoms with Crippen molar-refractivity contribution in [2.24, 2.45) is 0 Å². The summed E-state index contributed by atoms with van der Waals surface area (Å²) in [6.45, 7) is 2.47. The normalized spacial score (nSPS) is 14.4. The third-order valence-electron chi connectivity index (χ3n) is 5.67. The fraction of sp³-hybridized carbons (Fsp3) is 0.304. The summed E-state index contributed by atoms with van der Waals surface area (Å²) in [6.07, 6.45) is 9.85. The Hall–Kier alpha value is -2.99. The van der Waals surface area contributed by atoms with Crippen LogP contribution in [0.3, 0.4) is 0 Å². The molecule has 0 amide bonds. The summed E-state index contributed by atoms with van der Waals surface area (Å²) in [5, 5.41) is 5.64. The first-order chi connectivity index (χ1) is 14.6. The fourth-order valence-electron chi connectivity index (χ4n) is 4.19. The average molecular weight is 420 g/mol. The molecule has 152 valence electrons. The van der Waals surface area contributed by atoms with Crippen LogP contribution in [0.25, 0.3) is 27.9 Å². The highest BCUT2D eigenvalue weighted by Crippen LogP contribution is 2.28. The Bertz CT molecular complexity index is 1350. The molecule has 0 spiro atoms. The maximum atomic E-state index is 13.5. The second kappa shape index (κ2) is 7.69. The van der Waals surface area contributed by atoms with Crippen LogP contribution >= 0.6 is 11.6 Å². The van der Waals surface area contributed by atoms with Crippen molar-refractivity contribution in [2.75, 3.05) is 0 Å². The number of fused-ring (bicyclic) bond motifs is 2. The second-order valence-corrected chi connectivity index (χ2v) is 8.21. The van der Waals surface area contributed by atoms with Crippen LogP contribution in [0.15, 0.2) is 53.0 Å². The molecule has 0 saturated heterocycles. The highest BCUT2D eigenvalue weighted by Gasteiger charge is 2.18. The topological polar surface area (TPSA) is 65.1 Å². The van der Waals surface area contributed by atoms with Crippen LogP contribution in [0.2, 0.25) is 5.02 Å². The van der Waals surface area contributed by atoms with Gasteiger partial charge in [0.15, 0.2) is 0 Å². The van der Waals surface area contributed by atoms with Crippen molar-refractivity contribution in [1.82, 2.24) is 24.1 Å². The molecule has 0 unspecified atom stereocenters. The highest BCUT2D eigenvalue weighted by molar-refractivity contribution is 6.30. The third-order valence-corrected chi connectivity index (χ3v) is 5.90. The Labute approximate surface area is 178 Å². The van der Waals surface area contributed by atoms with Crippen molar-refractivity contribution in [3.05, 3.63) is 69.4 Å². The van der Waals surface area contributed by atoms with Crippen molar-refractivity contribution in [1.29, 1.82) is 0 Å². The number of aryl methyl sites for hydroxylation is 2. The van der Waals surface area contributed by atoms with E-state index >= 15 is 0 Å². The number of rotatable bonds is 4. The van der Waals surface area contributed by atoms with Gasteiger partial charge in [-0.2, -0.15) is 9.50 Å². The number of hydrogen-bond donors (Lipinski definition) is 0. The van der Waals surface area contributed by atoms with Gasteiger partial charge < -0.3 is 4.57 Å². The van der Waals surface area contributed by atoms with Gasteiger partial charge in [0.2, 0.25) is 0 Å². The van der Waals surface area contributed by atoms with Crippen LogP contribution in [0.4, 0.5) is 0 Å². The lowest BCUT2D eigenvalue weighted by molar-refractivity contribution is 0.616. The lowest BCUT2D eigenvalue weighted by Gasteiger charge is -2.14. The standard InChI is InChI=1S/C23H22ClN5O/c1-15-25-23-26-19-11-13-28(12-10-16-6-3-2-4-7-16)22(30)20(19)21(29(23)27-15)17-8-5-9-18(24)14-17/h5-6,8-9,11,13-14H,2-4,7,10,12H2,1H3. The Balaban J connectivity index is 1.71. The molecule has 0 atom stereocenters. The molecular weight excluding hydrogens is 398 g/mol.